The van der Waals surface area contributed by atoms with Gasteiger partial charge >= 0.3 is 17.8 Å². The fraction of sp³-hybridized carbons (Fsp3) is 0.238. The summed E-state index contributed by atoms with van der Waals surface area (Å²) in [6.07, 6.45) is -0.0887. The average Bonchev–Trinajstić information content (AvgIpc) is 2.76. The summed E-state index contributed by atoms with van der Waals surface area (Å²) in [4.78, 5) is 45.1. The van der Waals surface area contributed by atoms with Crippen LogP contribution in [0.2, 0.25) is 0 Å². The van der Waals surface area contributed by atoms with Crippen molar-refractivity contribution < 1.29 is 34.1 Å². The second-order valence-electron chi connectivity index (χ2n) is 6.55. The monoisotopic (exact) mass is 429 g/mol. The zero-order valence-corrected chi connectivity index (χ0v) is 16.5. The first kappa shape index (κ1) is 23.4. The summed E-state index contributed by atoms with van der Waals surface area (Å²) < 4.78 is 5.70. The van der Waals surface area contributed by atoms with E-state index in [0.717, 1.165) is 5.56 Å². The number of carbonyl (C=O) groups is 4. The fourth-order valence-corrected chi connectivity index (χ4v) is 2.63. The number of aliphatic carboxylic acids is 2. The first-order valence-corrected chi connectivity index (χ1v) is 9.35. The van der Waals surface area contributed by atoms with Gasteiger partial charge in [-0.05, 0) is 35.4 Å². The molecule has 0 aliphatic carbocycles. The third-order valence-corrected chi connectivity index (χ3v) is 4.19. The molecular weight excluding hydrogens is 406 g/mol. The molecule has 6 N–H and O–H groups in total. The predicted molar refractivity (Wildman–Crippen MR) is 110 cm³/mol. The van der Waals surface area contributed by atoms with Gasteiger partial charge in [-0.15, -0.1) is 0 Å². The van der Waals surface area contributed by atoms with E-state index in [2.05, 4.69) is 5.32 Å². The molecule has 0 aliphatic rings. The SMILES string of the molecule is NCCNC(=O)c1cccc(COc2ccc(C[C@@H](NC(=O)C(=O)O)C(=O)O)cc2)c1. The van der Waals surface area contributed by atoms with Gasteiger partial charge in [-0.1, -0.05) is 24.3 Å². The topological polar surface area (TPSA) is 168 Å². The van der Waals surface area contributed by atoms with E-state index >= 15 is 0 Å². The summed E-state index contributed by atoms with van der Waals surface area (Å²) in [6, 6.07) is 12.1. The molecule has 0 spiro atoms. The molecule has 164 valence electrons. The molecule has 1 atom stereocenters. The molecule has 2 aromatic carbocycles. The Morgan fingerprint density at radius 3 is 2.32 bits per heavy atom. The molecule has 0 unspecified atom stereocenters. The number of hydrogen-bond acceptors (Lipinski definition) is 6. The third-order valence-electron chi connectivity index (χ3n) is 4.19. The number of carboxylic acids is 2. The van der Waals surface area contributed by atoms with Crippen molar-refractivity contribution in [1.29, 1.82) is 0 Å². The summed E-state index contributed by atoms with van der Waals surface area (Å²) in [5.74, 6) is -4.18. The average molecular weight is 429 g/mol. The van der Waals surface area contributed by atoms with Gasteiger partial charge in [0.2, 0.25) is 0 Å². The number of carbonyl (C=O) groups excluding carboxylic acids is 2. The van der Waals surface area contributed by atoms with Gasteiger partial charge in [-0.25, -0.2) is 9.59 Å². The Morgan fingerprint density at radius 2 is 1.71 bits per heavy atom. The molecule has 0 saturated carbocycles. The molecule has 0 aromatic heterocycles. The minimum absolute atomic E-state index is 0.0887. The number of rotatable bonds is 10. The number of hydrogen-bond donors (Lipinski definition) is 5. The van der Waals surface area contributed by atoms with E-state index in [1.54, 1.807) is 42.5 Å². The molecule has 2 rings (SSSR count). The predicted octanol–water partition coefficient (Wildman–Crippen LogP) is 0.151. The van der Waals surface area contributed by atoms with Crippen LogP contribution < -0.4 is 21.1 Å². The highest BCUT2D eigenvalue weighted by Crippen LogP contribution is 2.16. The van der Waals surface area contributed by atoms with Crippen LogP contribution in [0.25, 0.3) is 0 Å². The van der Waals surface area contributed by atoms with Crippen LogP contribution in [0, 0.1) is 0 Å². The molecule has 0 bridgehead atoms. The minimum atomic E-state index is -1.75. The number of ether oxygens (including phenoxy) is 1. The summed E-state index contributed by atoms with van der Waals surface area (Å²) in [5, 5.41) is 22.4. The summed E-state index contributed by atoms with van der Waals surface area (Å²) in [6.45, 7) is 0.947. The van der Waals surface area contributed by atoms with Crippen LogP contribution in [-0.4, -0.2) is 53.1 Å². The quantitative estimate of drug-likeness (QED) is 0.333. The van der Waals surface area contributed by atoms with Crippen LogP contribution in [0.15, 0.2) is 48.5 Å². The van der Waals surface area contributed by atoms with Gasteiger partial charge in [0.1, 0.15) is 18.4 Å². The molecule has 0 heterocycles. The lowest BCUT2D eigenvalue weighted by Gasteiger charge is -2.13. The van der Waals surface area contributed by atoms with Gasteiger partial charge in [0.05, 0.1) is 0 Å². The van der Waals surface area contributed by atoms with Crippen molar-refractivity contribution in [3.63, 3.8) is 0 Å². The molecule has 2 amide bonds. The number of nitrogens with one attached hydrogen (secondary N) is 2. The standard InChI is InChI=1S/C21H23N3O7/c22-8-9-23-18(25)15-3-1-2-14(10-15)12-31-16-6-4-13(5-7-16)11-17(20(27)28)24-19(26)21(29)30/h1-7,10,17H,8-9,11-12,22H2,(H,23,25)(H,24,26)(H,27,28)(H,29,30)/t17-/m1/s1. The van der Waals surface area contributed by atoms with Gasteiger partial charge in [-0.2, -0.15) is 0 Å². The maximum atomic E-state index is 12.0. The van der Waals surface area contributed by atoms with Crippen LogP contribution >= 0.6 is 0 Å². The molecule has 0 saturated heterocycles. The number of nitrogens with two attached hydrogens (primary N) is 1. The zero-order chi connectivity index (χ0) is 22.8. The number of benzene rings is 2. The van der Waals surface area contributed by atoms with Gasteiger partial charge in [0.25, 0.3) is 5.91 Å². The lowest BCUT2D eigenvalue weighted by atomic mass is 10.1. The summed E-state index contributed by atoms with van der Waals surface area (Å²) in [5.41, 5.74) is 7.23. The fourth-order valence-electron chi connectivity index (χ4n) is 2.63. The molecular formula is C21H23N3O7. The van der Waals surface area contributed by atoms with E-state index in [-0.39, 0.29) is 18.9 Å². The molecule has 0 fully saturated rings. The van der Waals surface area contributed by atoms with Crippen LogP contribution in [0.3, 0.4) is 0 Å². The molecule has 0 aliphatic heterocycles. The lowest BCUT2D eigenvalue weighted by Crippen LogP contribution is -2.45. The first-order valence-electron chi connectivity index (χ1n) is 9.35. The third kappa shape index (κ3) is 7.44. The van der Waals surface area contributed by atoms with Crippen molar-refractivity contribution in [1.82, 2.24) is 10.6 Å². The van der Waals surface area contributed by atoms with Crippen molar-refractivity contribution in [2.24, 2.45) is 5.73 Å². The number of carboxylic acid groups (broad SMARTS) is 2. The van der Waals surface area contributed by atoms with Crippen LogP contribution in [0.4, 0.5) is 0 Å². The van der Waals surface area contributed by atoms with E-state index in [1.807, 2.05) is 11.4 Å². The maximum absolute atomic E-state index is 12.0. The van der Waals surface area contributed by atoms with Crippen molar-refractivity contribution in [2.45, 2.75) is 19.1 Å². The smallest absolute Gasteiger partial charge is 0.394 e. The van der Waals surface area contributed by atoms with Crippen molar-refractivity contribution >= 4 is 23.8 Å². The van der Waals surface area contributed by atoms with Crippen LogP contribution in [0.1, 0.15) is 21.5 Å². The molecule has 2 aromatic rings. The molecule has 31 heavy (non-hydrogen) atoms. The van der Waals surface area contributed by atoms with Gasteiger partial charge in [0, 0.05) is 25.1 Å². The second kappa shape index (κ2) is 11.3. The first-order chi connectivity index (χ1) is 14.8. The number of amides is 2. The van der Waals surface area contributed by atoms with E-state index in [1.165, 1.54) is 0 Å². The molecule has 0 radical (unpaired) electrons. The zero-order valence-electron chi connectivity index (χ0n) is 16.5. The summed E-state index contributed by atoms with van der Waals surface area (Å²) in [7, 11) is 0. The van der Waals surface area contributed by atoms with E-state index in [4.69, 9.17) is 15.6 Å². The van der Waals surface area contributed by atoms with E-state index in [9.17, 15) is 24.3 Å². The van der Waals surface area contributed by atoms with Gasteiger partial charge in [-0.3, -0.25) is 9.59 Å². The molecule has 10 heteroatoms. The highest BCUT2D eigenvalue weighted by atomic mass is 16.5. The van der Waals surface area contributed by atoms with Crippen molar-refractivity contribution in [3.8, 4) is 5.75 Å². The highest BCUT2D eigenvalue weighted by molar-refractivity contribution is 6.31. The Kier molecular flexibility index (Phi) is 8.52. The van der Waals surface area contributed by atoms with Gasteiger partial charge < -0.3 is 31.3 Å². The Morgan fingerprint density at radius 1 is 1.00 bits per heavy atom. The van der Waals surface area contributed by atoms with Crippen molar-refractivity contribution in [2.75, 3.05) is 13.1 Å². The summed E-state index contributed by atoms with van der Waals surface area (Å²) >= 11 is 0. The maximum Gasteiger partial charge on any atom is 0.394 e. The van der Waals surface area contributed by atoms with Gasteiger partial charge in [0.15, 0.2) is 0 Å². The minimum Gasteiger partial charge on any atom is -0.489 e. The Balaban J connectivity index is 1.95. The largest absolute Gasteiger partial charge is 0.489 e. The van der Waals surface area contributed by atoms with Crippen molar-refractivity contribution in [3.05, 3.63) is 65.2 Å². The van der Waals surface area contributed by atoms with Crippen LogP contribution in [0.5, 0.6) is 5.75 Å². The Hall–Kier alpha value is -3.92. The highest BCUT2D eigenvalue weighted by Gasteiger charge is 2.23. The van der Waals surface area contributed by atoms with E-state index in [0.29, 0.717) is 30.0 Å². The van der Waals surface area contributed by atoms with Crippen LogP contribution in [-0.2, 0) is 27.4 Å². The lowest BCUT2D eigenvalue weighted by molar-refractivity contribution is -0.152. The normalized spacial score (nSPS) is 11.3. The molecule has 10 nitrogen and oxygen atoms in total. The Bertz CT molecular complexity index is 944. The van der Waals surface area contributed by atoms with E-state index < -0.39 is 23.9 Å². The second-order valence-corrected chi connectivity index (χ2v) is 6.55. The Labute approximate surface area is 178 Å².